The van der Waals surface area contributed by atoms with Gasteiger partial charge in [-0.3, -0.25) is 10.1 Å². The molecule has 0 N–H and O–H groups in total. The summed E-state index contributed by atoms with van der Waals surface area (Å²) in [6.45, 7) is 0. The Bertz CT molecular complexity index is 1000. The Morgan fingerprint density at radius 2 is 1.77 bits per heavy atom. The molecule has 0 aliphatic heterocycles. The van der Waals surface area contributed by atoms with Crippen molar-refractivity contribution in [2.24, 2.45) is 0 Å². The molecule has 3 aromatic rings. The van der Waals surface area contributed by atoms with Gasteiger partial charge < -0.3 is 0 Å². The van der Waals surface area contributed by atoms with Gasteiger partial charge >= 0.3 is 0 Å². The van der Waals surface area contributed by atoms with E-state index in [0.29, 0.717) is 17.5 Å². The number of nitro groups is 1. The smallest absolute Gasteiger partial charge is 0.258 e. The van der Waals surface area contributed by atoms with Gasteiger partial charge in [-0.1, -0.05) is 24.3 Å². The number of benzene rings is 2. The van der Waals surface area contributed by atoms with Crippen molar-refractivity contribution < 1.29 is 9.31 Å². The van der Waals surface area contributed by atoms with E-state index in [0.717, 1.165) is 0 Å². The maximum absolute atomic E-state index is 14.9. The molecule has 0 radical (unpaired) electrons. The summed E-state index contributed by atoms with van der Waals surface area (Å²) >= 11 is 0. The van der Waals surface area contributed by atoms with Gasteiger partial charge in [-0.25, -0.2) is 14.4 Å². The maximum Gasteiger partial charge on any atom is 0.278 e. The average Bonchev–Trinajstić information content (AvgIpc) is 2.67. The molecule has 0 bridgehead atoms. The summed E-state index contributed by atoms with van der Waals surface area (Å²) in [5.74, 6) is 0. The number of unbranched alkanes of at least 4 members (excludes halogenated alkanes) is 1. The van der Waals surface area contributed by atoms with Crippen molar-refractivity contribution in [3.05, 3.63) is 64.3 Å². The molecule has 1 atom stereocenters. The predicted molar refractivity (Wildman–Crippen MR) is 94.9 cm³/mol. The van der Waals surface area contributed by atoms with Gasteiger partial charge in [0, 0.05) is 12.5 Å². The van der Waals surface area contributed by atoms with E-state index < -0.39 is 11.1 Å². The fourth-order valence-electron chi connectivity index (χ4n) is 2.76. The van der Waals surface area contributed by atoms with Crippen LogP contribution in [-0.2, 0) is 0 Å². The van der Waals surface area contributed by atoms with Crippen molar-refractivity contribution in [2.45, 2.75) is 25.4 Å². The second kappa shape index (κ2) is 7.66. The maximum atomic E-state index is 14.9. The minimum Gasteiger partial charge on any atom is -0.258 e. The highest BCUT2D eigenvalue weighted by Gasteiger charge is 2.24. The van der Waals surface area contributed by atoms with Gasteiger partial charge in [-0.15, -0.1) is 0 Å². The molecule has 0 spiro atoms. The number of hydrogen-bond acceptors (Lipinski definition) is 5. The molecule has 1 heterocycles. The topological polar surface area (TPSA) is 92.7 Å². The van der Waals surface area contributed by atoms with E-state index in [4.69, 9.17) is 5.26 Å². The number of hydrogen-bond donors (Lipinski definition) is 0. The molecule has 0 aliphatic rings. The molecule has 0 saturated carbocycles. The Hall–Kier alpha value is -3.40. The number of halogens is 1. The molecule has 0 fully saturated rings. The van der Waals surface area contributed by atoms with Gasteiger partial charge in [0.1, 0.15) is 17.6 Å². The highest BCUT2D eigenvalue weighted by Crippen LogP contribution is 2.36. The van der Waals surface area contributed by atoms with Crippen LogP contribution in [0, 0.1) is 21.4 Å². The lowest BCUT2D eigenvalue weighted by molar-refractivity contribution is -0.384. The van der Waals surface area contributed by atoms with Gasteiger partial charge in [0.15, 0.2) is 0 Å². The first-order chi connectivity index (χ1) is 12.6. The van der Waals surface area contributed by atoms with Gasteiger partial charge in [0.25, 0.3) is 5.69 Å². The Balaban J connectivity index is 2.18. The molecule has 0 amide bonds. The number of alkyl halides is 1. The lowest BCUT2D eigenvalue weighted by Crippen LogP contribution is -2.04. The summed E-state index contributed by atoms with van der Waals surface area (Å²) < 4.78 is 14.9. The van der Waals surface area contributed by atoms with Crippen LogP contribution in [0.2, 0.25) is 0 Å². The SMILES string of the molecule is N#CCCCC(F)c1nc2ccccc2nc1-c1ccccc1[N+](=O)[O-]. The normalized spacial score (nSPS) is 11.8. The largest absolute Gasteiger partial charge is 0.278 e. The van der Waals surface area contributed by atoms with Crippen LogP contribution in [0.3, 0.4) is 0 Å². The van der Waals surface area contributed by atoms with E-state index in [9.17, 15) is 14.5 Å². The minimum atomic E-state index is -1.46. The van der Waals surface area contributed by atoms with Gasteiger partial charge in [0.05, 0.1) is 27.6 Å². The summed E-state index contributed by atoms with van der Waals surface area (Å²) in [6.07, 6.45) is -0.742. The molecular formula is C19H15FN4O2. The first-order valence-corrected chi connectivity index (χ1v) is 8.13. The number of rotatable bonds is 6. The van der Waals surface area contributed by atoms with E-state index >= 15 is 0 Å². The van der Waals surface area contributed by atoms with Crippen LogP contribution in [0.5, 0.6) is 0 Å². The summed E-state index contributed by atoms with van der Waals surface area (Å²) in [7, 11) is 0. The number of aromatic nitrogens is 2. The fraction of sp³-hybridized carbons (Fsp3) is 0.211. The van der Waals surface area contributed by atoms with Crippen molar-refractivity contribution in [3.8, 4) is 17.3 Å². The van der Waals surface area contributed by atoms with Crippen LogP contribution in [0.1, 0.15) is 31.1 Å². The molecule has 130 valence electrons. The highest BCUT2D eigenvalue weighted by atomic mass is 19.1. The number of fused-ring (bicyclic) bond motifs is 1. The molecule has 2 aromatic carbocycles. The predicted octanol–water partition coefficient (Wildman–Crippen LogP) is 4.91. The highest BCUT2D eigenvalue weighted by molar-refractivity contribution is 5.81. The molecule has 26 heavy (non-hydrogen) atoms. The third-order valence-electron chi connectivity index (χ3n) is 4.00. The molecule has 0 saturated heterocycles. The van der Waals surface area contributed by atoms with Crippen molar-refractivity contribution in [3.63, 3.8) is 0 Å². The van der Waals surface area contributed by atoms with Crippen LogP contribution in [0.4, 0.5) is 10.1 Å². The number of nitriles is 1. The molecule has 3 rings (SSSR count). The number of para-hydroxylation sites is 3. The third-order valence-corrected chi connectivity index (χ3v) is 4.00. The molecule has 1 unspecified atom stereocenters. The molecule has 7 heteroatoms. The van der Waals surface area contributed by atoms with E-state index in [1.54, 1.807) is 42.5 Å². The monoisotopic (exact) mass is 350 g/mol. The lowest BCUT2D eigenvalue weighted by atomic mass is 10.0. The van der Waals surface area contributed by atoms with E-state index in [-0.39, 0.29) is 35.5 Å². The summed E-state index contributed by atoms with van der Waals surface area (Å²) in [5, 5.41) is 20.0. The Morgan fingerprint density at radius 1 is 1.12 bits per heavy atom. The van der Waals surface area contributed by atoms with Gasteiger partial charge in [0.2, 0.25) is 0 Å². The summed E-state index contributed by atoms with van der Waals surface area (Å²) in [4.78, 5) is 19.7. The number of nitro benzene ring substituents is 1. The summed E-state index contributed by atoms with van der Waals surface area (Å²) in [5.41, 5.74) is 1.37. The first-order valence-electron chi connectivity index (χ1n) is 8.13. The number of nitrogens with zero attached hydrogens (tertiary/aromatic N) is 4. The molecule has 1 aromatic heterocycles. The zero-order valence-corrected chi connectivity index (χ0v) is 13.8. The Kier molecular flexibility index (Phi) is 5.13. The Labute approximate surface area is 149 Å². The summed E-state index contributed by atoms with van der Waals surface area (Å²) in [6, 6.07) is 15.1. The van der Waals surface area contributed by atoms with Crippen LogP contribution in [0.15, 0.2) is 48.5 Å². The average molecular weight is 350 g/mol. The third kappa shape index (κ3) is 3.49. The fourth-order valence-corrected chi connectivity index (χ4v) is 2.76. The van der Waals surface area contributed by atoms with Crippen LogP contribution in [-0.4, -0.2) is 14.9 Å². The van der Waals surface area contributed by atoms with Crippen molar-refractivity contribution in [2.75, 3.05) is 0 Å². The first kappa shape index (κ1) is 17.4. The van der Waals surface area contributed by atoms with Crippen molar-refractivity contribution >= 4 is 16.7 Å². The van der Waals surface area contributed by atoms with Crippen LogP contribution in [0.25, 0.3) is 22.3 Å². The zero-order chi connectivity index (χ0) is 18.5. The lowest BCUT2D eigenvalue weighted by Gasteiger charge is -2.13. The molecule has 6 nitrogen and oxygen atoms in total. The molecular weight excluding hydrogens is 335 g/mol. The second-order valence-electron chi connectivity index (χ2n) is 5.74. The van der Waals surface area contributed by atoms with E-state index in [2.05, 4.69) is 9.97 Å². The van der Waals surface area contributed by atoms with E-state index in [1.165, 1.54) is 6.07 Å². The van der Waals surface area contributed by atoms with Crippen LogP contribution < -0.4 is 0 Å². The zero-order valence-electron chi connectivity index (χ0n) is 13.8. The van der Waals surface area contributed by atoms with Gasteiger partial charge in [-0.2, -0.15) is 5.26 Å². The van der Waals surface area contributed by atoms with E-state index in [1.807, 2.05) is 6.07 Å². The Morgan fingerprint density at radius 3 is 2.46 bits per heavy atom. The van der Waals surface area contributed by atoms with Gasteiger partial charge in [-0.05, 0) is 31.0 Å². The standard InChI is InChI=1S/C19H15FN4O2/c20-14(8-5-6-12-21)19-18(13-7-1-4-11-17(13)24(25)26)22-15-9-2-3-10-16(15)23-19/h1-4,7,9-11,14H,5-6,8H2. The van der Waals surface area contributed by atoms with Crippen LogP contribution >= 0.6 is 0 Å². The van der Waals surface area contributed by atoms with Crippen molar-refractivity contribution in [1.82, 2.24) is 9.97 Å². The van der Waals surface area contributed by atoms with Crippen molar-refractivity contribution in [1.29, 1.82) is 5.26 Å². The molecule has 0 aliphatic carbocycles. The second-order valence-corrected chi connectivity index (χ2v) is 5.74. The quantitative estimate of drug-likeness (QED) is 0.358. The minimum absolute atomic E-state index is 0.0657.